The van der Waals surface area contributed by atoms with Crippen LogP contribution >= 0.6 is 0 Å². The summed E-state index contributed by atoms with van der Waals surface area (Å²) in [6.45, 7) is 6.77. The van der Waals surface area contributed by atoms with Crippen molar-refractivity contribution in [3.05, 3.63) is 60.2 Å². The highest BCUT2D eigenvalue weighted by Gasteiger charge is 2.40. The third-order valence-electron chi connectivity index (χ3n) is 4.38. The molecule has 0 saturated carbocycles. The monoisotopic (exact) mass is 331 g/mol. The summed E-state index contributed by atoms with van der Waals surface area (Å²) >= 11 is 0. The number of hydrogen-bond acceptors (Lipinski definition) is 3. The van der Waals surface area contributed by atoms with E-state index < -0.39 is 10.1 Å². The van der Waals surface area contributed by atoms with Gasteiger partial charge in [-0.1, -0.05) is 36.4 Å². The van der Waals surface area contributed by atoms with Gasteiger partial charge in [0.25, 0.3) is 0 Å². The highest BCUT2D eigenvalue weighted by atomic mass is 32.2. The fourth-order valence-corrected chi connectivity index (χ4v) is 3.17. The van der Waals surface area contributed by atoms with E-state index in [1.54, 1.807) is 6.07 Å². The summed E-state index contributed by atoms with van der Waals surface area (Å²) in [6, 6.07) is 15.8. The van der Waals surface area contributed by atoms with Gasteiger partial charge in [0.2, 0.25) is 5.69 Å². The fourth-order valence-electron chi connectivity index (χ4n) is 2.68. The first-order valence-electron chi connectivity index (χ1n) is 7.34. The molecule has 0 atom stereocenters. The summed E-state index contributed by atoms with van der Waals surface area (Å²) < 4.78 is 33.1. The van der Waals surface area contributed by atoms with Crippen LogP contribution in [0, 0.1) is 0 Å². The molecule has 5 heteroatoms. The molecular weight excluding hydrogens is 310 g/mol. The number of rotatable bonds is 1. The Morgan fingerprint density at radius 1 is 0.957 bits per heavy atom. The summed E-state index contributed by atoms with van der Waals surface area (Å²) in [5.41, 5.74) is 4.42. The van der Waals surface area contributed by atoms with Gasteiger partial charge in [-0.3, -0.25) is 0 Å². The second-order valence-electron chi connectivity index (χ2n) is 6.05. The van der Waals surface area contributed by atoms with Crippen molar-refractivity contribution < 1.29 is 17.5 Å². The Bertz CT molecular complexity index is 838. The number of para-hydroxylation sites is 1. The van der Waals surface area contributed by atoms with Gasteiger partial charge in [-0.2, -0.15) is 0 Å². The molecule has 0 amide bonds. The molecule has 3 rings (SSSR count). The van der Waals surface area contributed by atoms with E-state index in [-0.39, 0.29) is 10.3 Å². The summed E-state index contributed by atoms with van der Waals surface area (Å²) in [5, 5.41) is 0. The van der Waals surface area contributed by atoms with Gasteiger partial charge >= 0.3 is 0 Å². The standard InChI is InChI=1S/C12H16N.C6H6O3S/c1-9-12(2,3)10-7-5-6-8-11(10)13(9)4;7-10(8,9)6-4-2-1-3-5-6/h5-8H,1-4H3;1-5H,(H,7,8,9)/q+1;/p-1. The van der Waals surface area contributed by atoms with Crippen LogP contribution < -0.4 is 0 Å². The lowest BCUT2D eigenvalue weighted by Crippen LogP contribution is -2.25. The molecule has 4 nitrogen and oxygen atoms in total. The van der Waals surface area contributed by atoms with Gasteiger partial charge in [-0.15, -0.1) is 0 Å². The minimum absolute atomic E-state index is 0.185. The summed E-state index contributed by atoms with van der Waals surface area (Å²) in [5.74, 6) is 0. The van der Waals surface area contributed by atoms with Crippen molar-refractivity contribution in [1.29, 1.82) is 0 Å². The molecule has 0 radical (unpaired) electrons. The predicted octanol–water partition coefficient (Wildman–Crippen LogP) is 3.30. The average molecular weight is 331 g/mol. The molecule has 1 aliphatic rings. The van der Waals surface area contributed by atoms with Crippen LogP contribution in [0.1, 0.15) is 26.3 Å². The molecule has 0 N–H and O–H groups in total. The lowest BCUT2D eigenvalue weighted by atomic mass is 9.82. The van der Waals surface area contributed by atoms with Crippen LogP contribution in [0.25, 0.3) is 0 Å². The van der Waals surface area contributed by atoms with Crippen molar-refractivity contribution in [2.45, 2.75) is 31.1 Å². The summed E-state index contributed by atoms with van der Waals surface area (Å²) in [6.07, 6.45) is 0. The Hall–Kier alpha value is -1.98. The van der Waals surface area contributed by atoms with Crippen LogP contribution in [-0.4, -0.2) is 30.3 Å². The van der Waals surface area contributed by atoms with E-state index in [4.69, 9.17) is 0 Å². The lowest BCUT2D eigenvalue weighted by molar-refractivity contribution is -0.403. The van der Waals surface area contributed by atoms with Gasteiger partial charge < -0.3 is 4.55 Å². The van der Waals surface area contributed by atoms with Crippen molar-refractivity contribution in [2.24, 2.45) is 0 Å². The minimum Gasteiger partial charge on any atom is -0.744 e. The van der Waals surface area contributed by atoms with E-state index in [2.05, 4.69) is 56.7 Å². The Morgan fingerprint density at radius 3 is 1.96 bits per heavy atom. The summed E-state index contributed by atoms with van der Waals surface area (Å²) in [4.78, 5) is -0.185. The van der Waals surface area contributed by atoms with Crippen LogP contribution in [0.4, 0.5) is 5.69 Å². The maximum absolute atomic E-state index is 10.3. The number of fused-ring (bicyclic) bond motifs is 1. The molecule has 0 bridgehead atoms. The molecule has 0 spiro atoms. The molecule has 1 heterocycles. The Balaban J connectivity index is 0.000000174. The van der Waals surface area contributed by atoms with Crippen LogP contribution in [0.2, 0.25) is 0 Å². The van der Waals surface area contributed by atoms with E-state index in [9.17, 15) is 13.0 Å². The largest absolute Gasteiger partial charge is 0.744 e. The van der Waals surface area contributed by atoms with E-state index in [1.807, 2.05) is 0 Å². The molecule has 0 fully saturated rings. The zero-order valence-electron chi connectivity index (χ0n) is 13.8. The molecule has 0 unspecified atom stereocenters. The van der Waals surface area contributed by atoms with Crippen LogP contribution in [0.3, 0.4) is 0 Å². The second-order valence-corrected chi connectivity index (χ2v) is 7.43. The lowest BCUT2D eigenvalue weighted by Gasteiger charge is -2.14. The van der Waals surface area contributed by atoms with Crippen molar-refractivity contribution in [3.63, 3.8) is 0 Å². The Kier molecular flexibility index (Phi) is 4.73. The van der Waals surface area contributed by atoms with Crippen LogP contribution in [0.5, 0.6) is 0 Å². The summed E-state index contributed by atoms with van der Waals surface area (Å²) in [7, 11) is -2.11. The van der Waals surface area contributed by atoms with Gasteiger partial charge in [0.15, 0.2) is 5.71 Å². The van der Waals surface area contributed by atoms with Gasteiger partial charge in [0, 0.05) is 18.6 Å². The molecule has 0 aromatic heterocycles. The molecular formula is C18H21NO3S. The topological polar surface area (TPSA) is 60.2 Å². The smallest absolute Gasteiger partial charge is 0.209 e. The van der Waals surface area contributed by atoms with Crippen LogP contribution in [0.15, 0.2) is 59.5 Å². The van der Waals surface area contributed by atoms with E-state index in [0.717, 1.165) is 0 Å². The van der Waals surface area contributed by atoms with E-state index >= 15 is 0 Å². The molecule has 2 aromatic carbocycles. The molecule has 23 heavy (non-hydrogen) atoms. The third kappa shape index (κ3) is 3.51. The number of hydrogen-bond donors (Lipinski definition) is 0. The number of nitrogens with zero attached hydrogens (tertiary/aromatic N) is 1. The molecule has 0 saturated heterocycles. The zero-order chi connectivity index (χ0) is 17.3. The number of benzene rings is 2. The van der Waals surface area contributed by atoms with Gasteiger partial charge in [-0.05, 0) is 26.0 Å². The zero-order valence-corrected chi connectivity index (χ0v) is 14.6. The van der Waals surface area contributed by atoms with Gasteiger partial charge in [0.05, 0.1) is 10.3 Å². The molecule has 1 aliphatic heterocycles. The maximum atomic E-state index is 10.3. The van der Waals surface area contributed by atoms with Crippen molar-refractivity contribution in [1.82, 2.24) is 0 Å². The maximum Gasteiger partial charge on any atom is 0.209 e. The van der Waals surface area contributed by atoms with E-state index in [1.165, 1.54) is 41.2 Å². The first kappa shape index (κ1) is 17.4. The average Bonchev–Trinajstić information content (AvgIpc) is 2.70. The molecule has 122 valence electrons. The van der Waals surface area contributed by atoms with Crippen molar-refractivity contribution in [2.75, 3.05) is 7.05 Å². The minimum atomic E-state index is -4.25. The Morgan fingerprint density at radius 2 is 1.48 bits per heavy atom. The highest BCUT2D eigenvalue weighted by molar-refractivity contribution is 7.85. The predicted molar refractivity (Wildman–Crippen MR) is 90.4 cm³/mol. The van der Waals surface area contributed by atoms with Crippen LogP contribution in [-0.2, 0) is 15.5 Å². The van der Waals surface area contributed by atoms with Crippen molar-refractivity contribution in [3.8, 4) is 0 Å². The molecule has 2 aromatic rings. The van der Waals surface area contributed by atoms with Gasteiger partial charge in [0.1, 0.15) is 17.2 Å². The molecule has 0 aliphatic carbocycles. The van der Waals surface area contributed by atoms with Gasteiger partial charge in [-0.25, -0.2) is 13.0 Å². The SMILES string of the molecule is CC1=[N+](C)c2ccccc2C1(C)C.O=S(=O)([O-])c1ccccc1. The first-order chi connectivity index (χ1) is 10.7. The van der Waals surface area contributed by atoms with Crippen molar-refractivity contribution >= 4 is 21.5 Å². The second kappa shape index (κ2) is 6.26. The first-order valence-corrected chi connectivity index (χ1v) is 8.74. The quantitative estimate of drug-likeness (QED) is 0.595. The van der Waals surface area contributed by atoms with E-state index in [0.29, 0.717) is 0 Å². The normalized spacial score (nSPS) is 15.7. The third-order valence-corrected chi connectivity index (χ3v) is 5.23. The Labute approximate surface area is 137 Å². The highest BCUT2D eigenvalue weighted by Crippen LogP contribution is 2.38. The fraction of sp³-hybridized carbons (Fsp3) is 0.278.